The van der Waals surface area contributed by atoms with E-state index in [0.29, 0.717) is 0 Å². The van der Waals surface area contributed by atoms with Gasteiger partial charge >= 0.3 is 0 Å². The molecular formula is C15H16INO. The molecule has 2 aromatic rings. The zero-order chi connectivity index (χ0) is 13.1. The summed E-state index contributed by atoms with van der Waals surface area (Å²) in [5.74, 6) is 0. The topological polar surface area (TPSA) is 33.1 Å². The van der Waals surface area contributed by atoms with Crippen molar-refractivity contribution in [3.05, 3.63) is 38.1 Å². The first-order chi connectivity index (χ1) is 8.40. The van der Waals surface area contributed by atoms with Gasteiger partial charge in [0.15, 0.2) is 0 Å². The summed E-state index contributed by atoms with van der Waals surface area (Å²) < 4.78 is 1.26. The van der Waals surface area contributed by atoms with Crippen LogP contribution in [0, 0.1) is 17.4 Å². The van der Waals surface area contributed by atoms with Crippen molar-refractivity contribution in [2.75, 3.05) is 0 Å². The number of pyridine rings is 1. The Bertz CT molecular complexity index is 661. The summed E-state index contributed by atoms with van der Waals surface area (Å²) in [7, 11) is 0. The number of aryl methyl sites for hydroxylation is 2. The first-order valence-electron chi connectivity index (χ1n) is 6.22. The lowest BCUT2D eigenvalue weighted by Crippen LogP contribution is -2.18. The van der Waals surface area contributed by atoms with Gasteiger partial charge in [0.1, 0.15) is 5.60 Å². The Morgan fingerprint density at radius 3 is 2.78 bits per heavy atom. The molecule has 1 aliphatic rings. The van der Waals surface area contributed by atoms with Gasteiger partial charge in [-0.3, -0.25) is 0 Å². The SMILES string of the molecule is Cc1cc(C)c2nc3c(c(I)c2c1)CCC3(C)O. The summed E-state index contributed by atoms with van der Waals surface area (Å²) in [6.07, 6.45) is 1.70. The van der Waals surface area contributed by atoms with Crippen molar-refractivity contribution in [3.63, 3.8) is 0 Å². The first kappa shape index (κ1) is 12.4. The van der Waals surface area contributed by atoms with Crippen molar-refractivity contribution in [3.8, 4) is 0 Å². The van der Waals surface area contributed by atoms with Gasteiger partial charge < -0.3 is 5.11 Å². The molecule has 3 heteroatoms. The molecule has 1 aliphatic carbocycles. The Morgan fingerprint density at radius 2 is 2.06 bits per heavy atom. The van der Waals surface area contributed by atoms with E-state index in [1.54, 1.807) is 0 Å². The van der Waals surface area contributed by atoms with Gasteiger partial charge in [-0.05, 0) is 73.4 Å². The molecule has 0 saturated heterocycles. The monoisotopic (exact) mass is 353 g/mol. The van der Waals surface area contributed by atoms with Crippen LogP contribution < -0.4 is 0 Å². The zero-order valence-electron chi connectivity index (χ0n) is 10.8. The fourth-order valence-electron chi connectivity index (χ4n) is 2.88. The summed E-state index contributed by atoms with van der Waals surface area (Å²) in [5, 5.41) is 11.6. The van der Waals surface area contributed by atoms with Crippen LogP contribution in [0.15, 0.2) is 12.1 Å². The maximum atomic E-state index is 10.4. The lowest BCUT2D eigenvalue weighted by Gasteiger charge is -2.18. The second-order valence-corrected chi connectivity index (χ2v) is 6.58. The standard InChI is InChI=1S/C15H16INO/c1-8-6-9(2)13-11(7-8)12(16)10-4-5-15(3,18)14(10)17-13/h6-7,18H,4-5H2,1-3H3. The number of benzene rings is 1. The van der Waals surface area contributed by atoms with Crippen LogP contribution in [0.2, 0.25) is 0 Å². The van der Waals surface area contributed by atoms with E-state index in [1.165, 1.54) is 25.6 Å². The predicted octanol–water partition coefficient (Wildman–Crippen LogP) is 3.61. The molecule has 1 atom stereocenters. The highest BCUT2D eigenvalue weighted by Gasteiger charge is 2.35. The predicted molar refractivity (Wildman–Crippen MR) is 81.8 cm³/mol. The number of rotatable bonds is 0. The number of aliphatic hydroxyl groups is 1. The molecule has 18 heavy (non-hydrogen) atoms. The Morgan fingerprint density at radius 1 is 1.33 bits per heavy atom. The molecule has 94 valence electrons. The van der Waals surface area contributed by atoms with E-state index in [0.717, 1.165) is 24.1 Å². The van der Waals surface area contributed by atoms with Crippen molar-refractivity contribution in [1.82, 2.24) is 4.98 Å². The summed E-state index contributed by atoms with van der Waals surface area (Å²) in [4.78, 5) is 4.76. The quantitative estimate of drug-likeness (QED) is 0.734. The normalized spacial score (nSPS) is 22.5. The van der Waals surface area contributed by atoms with Crippen LogP contribution in [0.4, 0.5) is 0 Å². The van der Waals surface area contributed by atoms with Crippen molar-refractivity contribution in [1.29, 1.82) is 0 Å². The summed E-state index contributed by atoms with van der Waals surface area (Å²) in [6.45, 7) is 6.08. The van der Waals surface area contributed by atoms with E-state index in [2.05, 4.69) is 48.6 Å². The second-order valence-electron chi connectivity index (χ2n) is 5.50. The third kappa shape index (κ3) is 1.67. The highest BCUT2D eigenvalue weighted by molar-refractivity contribution is 14.1. The lowest BCUT2D eigenvalue weighted by atomic mass is 10.0. The van der Waals surface area contributed by atoms with E-state index in [9.17, 15) is 5.11 Å². The molecular weight excluding hydrogens is 337 g/mol. The van der Waals surface area contributed by atoms with Crippen LogP contribution in [-0.4, -0.2) is 10.1 Å². The Balaban J connectivity index is 2.44. The van der Waals surface area contributed by atoms with E-state index in [4.69, 9.17) is 4.98 Å². The van der Waals surface area contributed by atoms with Crippen LogP contribution in [0.1, 0.15) is 35.7 Å². The number of nitrogens with zero attached hydrogens (tertiary/aromatic N) is 1. The van der Waals surface area contributed by atoms with Gasteiger partial charge in [-0.2, -0.15) is 0 Å². The molecule has 2 nitrogen and oxygen atoms in total. The first-order valence-corrected chi connectivity index (χ1v) is 7.30. The Labute approximate surface area is 121 Å². The van der Waals surface area contributed by atoms with Crippen LogP contribution in [-0.2, 0) is 12.0 Å². The van der Waals surface area contributed by atoms with Gasteiger partial charge in [0, 0.05) is 8.96 Å². The van der Waals surface area contributed by atoms with Gasteiger partial charge in [0.2, 0.25) is 0 Å². The molecule has 3 rings (SSSR count). The Hall–Kier alpha value is -0.680. The second kappa shape index (κ2) is 3.90. The number of halogens is 1. The number of hydrogen-bond donors (Lipinski definition) is 1. The summed E-state index contributed by atoms with van der Waals surface area (Å²) >= 11 is 2.40. The van der Waals surface area contributed by atoms with Crippen molar-refractivity contribution < 1.29 is 5.11 Å². The van der Waals surface area contributed by atoms with Crippen LogP contribution in [0.25, 0.3) is 10.9 Å². The molecule has 0 aliphatic heterocycles. The minimum Gasteiger partial charge on any atom is -0.384 e. The molecule has 0 spiro atoms. The maximum absolute atomic E-state index is 10.4. The van der Waals surface area contributed by atoms with Gasteiger partial charge in [-0.1, -0.05) is 11.6 Å². The average Bonchev–Trinajstić information content (AvgIpc) is 2.57. The minimum atomic E-state index is -0.763. The molecule has 1 heterocycles. The van der Waals surface area contributed by atoms with Gasteiger partial charge in [-0.25, -0.2) is 4.98 Å². The number of fused-ring (bicyclic) bond motifs is 2. The molecule has 0 amide bonds. The maximum Gasteiger partial charge on any atom is 0.104 e. The highest BCUT2D eigenvalue weighted by atomic mass is 127. The molecule has 0 saturated carbocycles. The Kier molecular flexibility index (Phi) is 2.68. The van der Waals surface area contributed by atoms with Crippen molar-refractivity contribution in [2.24, 2.45) is 0 Å². The summed E-state index contributed by atoms with van der Waals surface area (Å²) in [5.41, 5.74) is 4.84. The van der Waals surface area contributed by atoms with Gasteiger partial charge in [0.25, 0.3) is 0 Å². The van der Waals surface area contributed by atoms with E-state index in [-0.39, 0.29) is 0 Å². The molecule has 0 radical (unpaired) electrons. The van der Waals surface area contributed by atoms with Gasteiger partial charge in [0.05, 0.1) is 11.2 Å². The molecule has 1 N–H and O–H groups in total. The van der Waals surface area contributed by atoms with Crippen molar-refractivity contribution in [2.45, 2.75) is 39.2 Å². The lowest BCUT2D eigenvalue weighted by molar-refractivity contribution is 0.0556. The van der Waals surface area contributed by atoms with Crippen LogP contribution in [0.5, 0.6) is 0 Å². The van der Waals surface area contributed by atoms with Gasteiger partial charge in [-0.15, -0.1) is 0 Å². The van der Waals surface area contributed by atoms with E-state index >= 15 is 0 Å². The molecule has 0 fully saturated rings. The molecule has 1 unspecified atom stereocenters. The van der Waals surface area contributed by atoms with Crippen LogP contribution >= 0.6 is 22.6 Å². The minimum absolute atomic E-state index is 0.763. The van der Waals surface area contributed by atoms with Crippen LogP contribution in [0.3, 0.4) is 0 Å². The third-order valence-corrected chi connectivity index (χ3v) is 5.06. The fraction of sp³-hybridized carbons (Fsp3) is 0.400. The number of aromatic nitrogens is 1. The molecule has 1 aromatic heterocycles. The van der Waals surface area contributed by atoms with E-state index in [1.807, 2.05) is 6.92 Å². The average molecular weight is 353 g/mol. The van der Waals surface area contributed by atoms with Crippen molar-refractivity contribution >= 4 is 33.5 Å². The fourth-order valence-corrected chi connectivity index (χ4v) is 3.82. The summed E-state index contributed by atoms with van der Waals surface area (Å²) in [6, 6.07) is 4.35. The zero-order valence-corrected chi connectivity index (χ0v) is 13.0. The highest BCUT2D eigenvalue weighted by Crippen LogP contribution is 2.40. The number of hydrogen-bond acceptors (Lipinski definition) is 2. The van der Waals surface area contributed by atoms with E-state index < -0.39 is 5.60 Å². The largest absolute Gasteiger partial charge is 0.384 e. The molecule has 1 aromatic carbocycles. The third-order valence-electron chi connectivity index (χ3n) is 3.83. The molecule has 0 bridgehead atoms. The smallest absolute Gasteiger partial charge is 0.104 e.